The van der Waals surface area contributed by atoms with Crippen molar-refractivity contribution in [3.05, 3.63) is 71.3 Å². The Labute approximate surface area is 155 Å². The molecule has 0 aromatic heterocycles. The fraction of sp³-hybridized carbons (Fsp3) is 0.0714. The van der Waals surface area contributed by atoms with Crippen molar-refractivity contribution in [1.82, 2.24) is 0 Å². The molecule has 0 fully saturated rings. The minimum absolute atomic E-state index is 0.0107. The summed E-state index contributed by atoms with van der Waals surface area (Å²) in [5.74, 6) is -0.929. The van der Waals surface area contributed by atoms with Gasteiger partial charge in [-0.25, -0.2) is 0 Å². The summed E-state index contributed by atoms with van der Waals surface area (Å²) in [5, 5.41) is 37.5. The Balaban J connectivity index is 2.50. The van der Waals surface area contributed by atoms with Gasteiger partial charge in [0.2, 0.25) is 0 Å². The van der Waals surface area contributed by atoms with E-state index in [9.17, 15) is 35.1 Å². The van der Waals surface area contributed by atoms with Crippen molar-refractivity contribution in [2.75, 3.05) is 17.7 Å². The highest BCUT2D eigenvalue weighted by atomic mass is 35.5. The van der Waals surface area contributed by atoms with Crippen LogP contribution in [0.4, 0.5) is 28.4 Å². The monoisotopic (exact) mass is 395 g/mol. The molecule has 2 aromatic rings. The smallest absolute Gasteiger partial charge is 0.300 e. The zero-order valence-corrected chi connectivity index (χ0v) is 14.2. The average molecular weight is 396 g/mol. The van der Waals surface area contributed by atoms with E-state index in [1.54, 1.807) is 0 Å². The van der Waals surface area contributed by atoms with Crippen molar-refractivity contribution in [3.63, 3.8) is 0 Å². The maximum absolute atomic E-state index is 12.5. The van der Waals surface area contributed by atoms with E-state index in [1.807, 2.05) is 0 Å². The Morgan fingerprint density at radius 3 is 2.07 bits per heavy atom. The van der Waals surface area contributed by atoms with Gasteiger partial charge < -0.3 is 10.6 Å². The second-order valence-electron chi connectivity index (χ2n) is 5.03. The topological polar surface area (TPSA) is 171 Å². The number of benzene rings is 2. The summed E-state index contributed by atoms with van der Waals surface area (Å²) in [6, 6.07) is 4.86. The van der Waals surface area contributed by atoms with Gasteiger partial charge in [-0.05, 0) is 6.07 Å². The third-order valence-electron chi connectivity index (χ3n) is 3.42. The summed E-state index contributed by atoms with van der Waals surface area (Å²) in [6.45, 7) is 0. The van der Waals surface area contributed by atoms with Gasteiger partial charge in [-0.15, -0.1) is 0 Å². The molecule has 2 rings (SSSR count). The van der Waals surface area contributed by atoms with E-state index >= 15 is 0 Å². The van der Waals surface area contributed by atoms with E-state index in [2.05, 4.69) is 10.6 Å². The number of non-ortho nitro benzene ring substituents is 2. The molecule has 2 aromatic carbocycles. The summed E-state index contributed by atoms with van der Waals surface area (Å²) in [7, 11) is 1.31. The third-order valence-corrected chi connectivity index (χ3v) is 3.73. The Morgan fingerprint density at radius 1 is 0.963 bits per heavy atom. The Hall–Kier alpha value is -3.80. The summed E-state index contributed by atoms with van der Waals surface area (Å²) in [6.07, 6.45) is 0. The second kappa shape index (κ2) is 7.61. The molecular weight excluding hydrogens is 386 g/mol. The Morgan fingerprint density at radius 2 is 1.59 bits per heavy atom. The van der Waals surface area contributed by atoms with E-state index in [0.717, 1.165) is 24.3 Å². The first kappa shape index (κ1) is 19.5. The number of rotatable bonds is 6. The first-order valence-electron chi connectivity index (χ1n) is 7.05. The summed E-state index contributed by atoms with van der Waals surface area (Å²) in [5.41, 5.74) is -2.23. The van der Waals surface area contributed by atoms with E-state index in [4.69, 9.17) is 11.6 Å². The van der Waals surface area contributed by atoms with Crippen molar-refractivity contribution < 1.29 is 19.6 Å². The quantitative estimate of drug-likeness (QED) is 0.553. The van der Waals surface area contributed by atoms with Gasteiger partial charge in [-0.1, -0.05) is 11.6 Å². The molecule has 0 unspecified atom stereocenters. The van der Waals surface area contributed by atoms with E-state index < -0.39 is 32.1 Å². The van der Waals surface area contributed by atoms with Crippen molar-refractivity contribution >= 4 is 45.9 Å². The molecule has 0 bridgehead atoms. The minimum Gasteiger partial charge on any atom is -0.382 e. The van der Waals surface area contributed by atoms with Gasteiger partial charge in [0.1, 0.15) is 5.69 Å². The van der Waals surface area contributed by atoms with E-state index in [-0.39, 0.29) is 27.6 Å². The molecule has 2 N–H and O–H groups in total. The lowest BCUT2D eigenvalue weighted by atomic mass is 10.1. The molecule has 0 spiro atoms. The fourth-order valence-corrected chi connectivity index (χ4v) is 2.43. The van der Waals surface area contributed by atoms with Crippen molar-refractivity contribution in [2.45, 2.75) is 0 Å². The number of amides is 1. The second-order valence-corrected chi connectivity index (χ2v) is 5.43. The normalized spacial score (nSPS) is 10.1. The molecule has 27 heavy (non-hydrogen) atoms. The van der Waals surface area contributed by atoms with Crippen LogP contribution in [-0.2, 0) is 0 Å². The van der Waals surface area contributed by atoms with Crippen molar-refractivity contribution in [1.29, 1.82) is 0 Å². The van der Waals surface area contributed by atoms with Crippen LogP contribution in [0.1, 0.15) is 10.4 Å². The molecule has 140 valence electrons. The van der Waals surface area contributed by atoms with Gasteiger partial charge in [0.25, 0.3) is 23.0 Å². The highest BCUT2D eigenvalue weighted by Crippen LogP contribution is 2.34. The lowest BCUT2D eigenvalue weighted by Gasteiger charge is -2.11. The Kier molecular flexibility index (Phi) is 5.51. The SMILES string of the molecule is CNc1c(C(=O)Nc2ccc([N+](=O)[O-])cc2Cl)cc([N+](=O)[O-])cc1[N+](=O)[O-]. The molecule has 0 saturated heterocycles. The number of hydrogen-bond donors (Lipinski definition) is 2. The molecule has 0 saturated carbocycles. The van der Waals surface area contributed by atoms with Crippen LogP contribution >= 0.6 is 11.6 Å². The third kappa shape index (κ3) is 4.07. The van der Waals surface area contributed by atoms with Gasteiger partial charge in [0.15, 0.2) is 0 Å². The number of hydrogen-bond acceptors (Lipinski definition) is 8. The summed E-state index contributed by atoms with van der Waals surface area (Å²) < 4.78 is 0. The molecule has 0 atom stereocenters. The van der Waals surface area contributed by atoms with Gasteiger partial charge in [-0.2, -0.15) is 0 Å². The van der Waals surface area contributed by atoms with Gasteiger partial charge in [-0.3, -0.25) is 35.1 Å². The molecule has 0 aliphatic heterocycles. The number of nitrogens with one attached hydrogen (secondary N) is 2. The molecule has 13 heteroatoms. The highest BCUT2D eigenvalue weighted by molar-refractivity contribution is 6.34. The summed E-state index contributed by atoms with van der Waals surface area (Å²) in [4.78, 5) is 43.0. The number of nitrogens with zero attached hydrogens (tertiary/aromatic N) is 3. The van der Waals surface area contributed by atoms with Crippen LogP contribution in [-0.4, -0.2) is 27.7 Å². The molecule has 1 amide bonds. The number of carbonyl (C=O) groups excluding carboxylic acids is 1. The van der Waals surface area contributed by atoms with Crippen LogP contribution in [0.2, 0.25) is 5.02 Å². The predicted octanol–water partition coefficient (Wildman–Crippen LogP) is 3.36. The molecule has 0 aliphatic carbocycles. The lowest BCUT2D eigenvalue weighted by Crippen LogP contribution is -2.16. The maximum atomic E-state index is 12.5. The average Bonchev–Trinajstić information content (AvgIpc) is 2.61. The van der Waals surface area contributed by atoms with Crippen LogP contribution in [0.3, 0.4) is 0 Å². The highest BCUT2D eigenvalue weighted by Gasteiger charge is 2.27. The van der Waals surface area contributed by atoms with E-state index in [0.29, 0.717) is 0 Å². The molecule has 12 nitrogen and oxygen atoms in total. The zero-order chi connectivity index (χ0) is 20.3. The minimum atomic E-state index is -0.929. The fourth-order valence-electron chi connectivity index (χ4n) is 2.21. The molecule has 0 radical (unpaired) electrons. The van der Waals surface area contributed by atoms with Crippen LogP contribution in [0.5, 0.6) is 0 Å². The standard InChI is InChI=1S/C14H10ClN5O7/c1-16-13-9(4-8(19(24)25)6-12(13)20(26)27)14(21)17-11-3-2-7(18(22)23)5-10(11)15/h2-6,16H,1H3,(H,17,21). The number of nitro benzene ring substituents is 3. The van der Waals surface area contributed by atoms with Crippen LogP contribution in [0, 0.1) is 30.3 Å². The lowest BCUT2D eigenvalue weighted by molar-refractivity contribution is -0.393. The molecular formula is C14H10ClN5O7. The van der Waals surface area contributed by atoms with E-state index in [1.165, 1.54) is 13.1 Å². The number of carbonyl (C=O) groups is 1. The number of nitro groups is 3. The largest absolute Gasteiger partial charge is 0.382 e. The van der Waals surface area contributed by atoms with Gasteiger partial charge in [0, 0.05) is 25.2 Å². The maximum Gasteiger partial charge on any atom is 0.300 e. The van der Waals surface area contributed by atoms with Gasteiger partial charge >= 0.3 is 0 Å². The van der Waals surface area contributed by atoms with Crippen LogP contribution < -0.4 is 10.6 Å². The van der Waals surface area contributed by atoms with Crippen LogP contribution in [0.25, 0.3) is 0 Å². The first-order valence-corrected chi connectivity index (χ1v) is 7.43. The van der Waals surface area contributed by atoms with Crippen LogP contribution in [0.15, 0.2) is 30.3 Å². The van der Waals surface area contributed by atoms with Crippen molar-refractivity contribution in [3.8, 4) is 0 Å². The molecule has 0 heterocycles. The number of halogens is 1. The summed E-state index contributed by atoms with van der Waals surface area (Å²) >= 11 is 5.89. The predicted molar refractivity (Wildman–Crippen MR) is 95.4 cm³/mol. The first-order chi connectivity index (χ1) is 12.6. The van der Waals surface area contributed by atoms with Gasteiger partial charge in [0.05, 0.1) is 37.1 Å². The number of anilines is 2. The molecule has 0 aliphatic rings. The van der Waals surface area contributed by atoms with Crippen molar-refractivity contribution in [2.24, 2.45) is 0 Å². The zero-order valence-electron chi connectivity index (χ0n) is 13.5. The Bertz CT molecular complexity index is 979.